The standard InChI is InChI=1S/C13H12N2O2S2/c1-2-18-13-9(7-14)11(17)15-12(19-13)8-5-3-4-6-10(8)16/h3-6,12,16H,2H2,1H3,(H,15,17). The summed E-state index contributed by atoms with van der Waals surface area (Å²) in [4.78, 5) is 11.9. The molecule has 0 bridgehead atoms. The van der Waals surface area contributed by atoms with Gasteiger partial charge in [0.2, 0.25) is 0 Å². The molecule has 2 rings (SSSR count). The fraction of sp³-hybridized carbons (Fsp3) is 0.231. The topological polar surface area (TPSA) is 73.1 Å². The minimum absolute atomic E-state index is 0.140. The zero-order valence-corrected chi connectivity index (χ0v) is 11.8. The molecule has 1 unspecified atom stereocenters. The number of hydrogen-bond acceptors (Lipinski definition) is 5. The zero-order chi connectivity index (χ0) is 13.8. The molecule has 1 aliphatic heterocycles. The van der Waals surface area contributed by atoms with Gasteiger partial charge in [0.1, 0.15) is 22.8 Å². The molecule has 1 aliphatic rings. The predicted molar refractivity (Wildman–Crippen MR) is 77.4 cm³/mol. The molecule has 4 nitrogen and oxygen atoms in total. The predicted octanol–water partition coefficient (Wildman–Crippen LogP) is 2.74. The molecular weight excluding hydrogens is 280 g/mol. The van der Waals surface area contributed by atoms with Gasteiger partial charge in [-0.1, -0.05) is 36.9 Å². The van der Waals surface area contributed by atoms with Crippen molar-refractivity contribution in [2.24, 2.45) is 0 Å². The molecular formula is C13H12N2O2S2. The van der Waals surface area contributed by atoms with Gasteiger partial charge in [0.25, 0.3) is 5.91 Å². The van der Waals surface area contributed by atoms with Crippen molar-refractivity contribution < 1.29 is 9.90 Å². The second-order valence-electron chi connectivity index (χ2n) is 3.74. The van der Waals surface area contributed by atoms with Crippen molar-refractivity contribution in [2.75, 3.05) is 5.75 Å². The van der Waals surface area contributed by atoms with Crippen LogP contribution in [0.25, 0.3) is 0 Å². The number of phenolic OH excluding ortho intramolecular Hbond substituents is 1. The van der Waals surface area contributed by atoms with E-state index in [2.05, 4.69) is 5.32 Å². The number of hydrogen-bond donors (Lipinski definition) is 2. The Kier molecular flexibility index (Phi) is 4.40. The van der Waals surface area contributed by atoms with Crippen LogP contribution in [0, 0.1) is 11.3 Å². The van der Waals surface area contributed by atoms with Gasteiger partial charge >= 0.3 is 0 Å². The van der Waals surface area contributed by atoms with Crippen molar-refractivity contribution in [3.8, 4) is 11.8 Å². The van der Waals surface area contributed by atoms with E-state index in [0.717, 1.165) is 5.75 Å². The fourth-order valence-corrected chi connectivity index (χ4v) is 4.09. The Balaban J connectivity index is 2.35. The maximum Gasteiger partial charge on any atom is 0.264 e. The lowest BCUT2D eigenvalue weighted by Crippen LogP contribution is -2.31. The summed E-state index contributed by atoms with van der Waals surface area (Å²) in [6, 6.07) is 8.82. The first kappa shape index (κ1) is 13.8. The van der Waals surface area contributed by atoms with Crippen LogP contribution in [0.4, 0.5) is 0 Å². The summed E-state index contributed by atoms with van der Waals surface area (Å²) in [6.45, 7) is 1.97. The van der Waals surface area contributed by atoms with E-state index in [4.69, 9.17) is 5.26 Å². The summed E-state index contributed by atoms with van der Waals surface area (Å²) < 4.78 is 0.710. The molecule has 19 heavy (non-hydrogen) atoms. The van der Waals surface area contributed by atoms with Crippen LogP contribution in [0.3, 0.4) is 0 Å². The Bertz CT molecular complexity index is 578. The Hall–Kier alpha value is -1.58. The first-order valence-corrected chi connectivity index (χ1v) is 7.56. The number of para-hydroxylation sites is 1. The molecule has 2 N–H and O–H groups in total. The average molecular weight is 292 g/mol. The van der Waals surface area contributed by atoms with Crippen LogP contribution >= 0.6 is 23.5 Å². The number of nitriles is 1. The summed E-state index contributed by atoms with van der Waals surface area (Å²) in [5.41, 5.74) is 0.801. The molecule has 0 aromatic heterocycles. The average Bonchev–Trinajstić information content (AvgIpc) is 2.39. The van der Waals surface area contributed by atoms with Crippen molar-refractivity contribution in [1.29, 1.82) is 5.26 Å². The number of amides is 1. The van der Waals surface area contributed by atoms with Gasteiger partial charge in [0.05, 0.1) is 4.24 Å². The summed E-state index contributed by atoms with van der Waals surface area (Å²) >= 11 is 2.86. The molecule has 0 fully saturated rings. The number of carbonyl (C=O) groups excluding carboxylic acids is 1. The quantitative estimate of drug-likeness (QED) is 0.896. The summed E-state index contributed by atoms with van der Waals surface area (Å²) in [6.07, 6.45) is 0. The highest BCUT2D eigenvalue weighted by atomic mass is 32.2. The van der Waals surface area contributed by atoms with E-state index < -0.39 is 0 Å². The van der Waals surface area contributed by atoms with E-state index in [0.29, 0.717) is 9.80 Å². The molecule has 0 saturated heterocycles. The normalized spacial score (nSPS) is 18.9. The smallest absolute Gasteiger partial charge is 0.264 e. The van der Waals surface area contributed by atoms with Crippen LogP contribution in [0.1, 0.15) is 17.9 Å². The lowest BCUT2D eigenvalue weighted by molar-refractivity contribution is -0.117. The fourth-order valence-electron chi connectivity index (χ4n) is 1.66. The van der Waals surface area contributed by atoms with E-state index in [9.17, 15) is 9.90 Å². The second-order valence-corrected chi connectivity index (χ2v) is 6.39. The largest absolute Gasteiger partial charge is 0.508 e. The third-order valence-electron chi connectivity index (χ3n) is 2.52. The van der Waals surface area contributed by atoms with Gasteiger partial charge in [-0.2, -0.15) is 5.26 Å². The minimum Gasteiger partial charge on any atom is -0.508 e. The summed E-state index contributed by atoms with van der Waals surface area (Å²) in [5, 5.41) is 21.2. The highest BCUT2D eigenvalue weighted by Gasteiger charge is 2.29. The lowest BCUT2D eigenvalue weighted by atomic mass is 10.2. The SMILES string of the molecule is CCSC1=C(C#N)C(=O)NC(c2ccccc2O)S1. The maximum absolute atomic E-state index is 11.9. The Morgan fingerprint density at radius 2 is 2.26 bits per heavy atom. The molecule has 1 atom stereocenters. The van der Waals surface area contributed by atoms with E-state index in [1.54, 1.807) is 24.3 Å². The molecule has 6 heteroatoms. The van der Waals surface area contributed by atoms with Gasteiger partial charge in [-0.15, -0.1) is 11.8 Å². The summed E-state index contributed by atoms with van der Waals surface area (Å²) in [5.74, 6) is 0.542. The number of rotatable bonds is 3. The van der Waals surface area contributed by atoms with Crippen LogP contribution in [0.5, 0.6) is 5.75 Å². The van der Waals surface area contributed by atoms with Gasteiger partial charge in [0, 0.05) is 5.56 Å². The van der Waals surface area contributed by atoms with Crippen molar-refractivity contribution in [3.05, 3.63) is 39.6 Å². The second kappa shape index (κ2) is 6.04. The zero-order valence-electron chi connectivity index (χ0n) is 10.2. The number of carbonyl (C=O) groups is 1. The van der Waals surface area contributed by atoms with Crippen LogP contribution in [0.15, 0.2) is 34.1 Å². The van der Waals surface area contributed by atoms with E-state index in [1.807, 2.05) is 13.0 Å². The molecule has 1 amide bonds. The Labute approximate surface area is 119 Å². The Morgan fingerprint density at radius 3 is 2.89 bits per heavy atom. The van der Waals surface area contributed by atoms with E-state index >= 15 is 0 Å². The minimum atomic E-state index is -0.384. The van der Waals surface area contributed by atoms with Gasteiger partial charge in [-0.3, -0.25) is 4.79 Å². The molecule has 98 valence electrons. The Morgan fingerprint density at radius 1 is 1.53 bits per heavy atom. The van der Waals surface area contributed by atoms with Gasteiger partial charge in [-0.05, 0) is 11.8 Å². The third-order valence-corrected chi connectivity index (χ3v) is 4.95. The molecule has 0 spiro atoms. The number of phenols is 1. The molecule has 1 aromatic rings. The number of benzene rings is 1. The highest BCUT2D eigenvalue weighted by Crippen LogP contribution is 2.45. The highest BCUT2D eigenvalue weighted by molar-refractivity contribution is 8.22. The number of nitrogens with zero attached hydrogens (tertiary/aromatic N) is 1. The van der Waals surface area contributed by atoms with Gasteiger partial charge < -0.3 is 10.4 Å². The molecule has 0 saturated carbocycles. The molecule has 0 aliphatic carbocycles. The first-order chi connectivity index (χ1) is 9.17. The number of aromatic hydroxyl groups is 1. The van der Waals surface area contributed by atoms with Crippen LogP contribution in [-0.4, -0.2) is 16.8 Å². The lowest BCUT2D eigenvalue weighted by Gasteiger charge is -2.25. The number of nitrogens with one attached hydrogen (secondary N) is 1. The molecule has 1 aromatic carbocycles. The maximum atomic E-state index is 11.9. The van der Waals surface area contributed by atoms with Crippen molar-refractivity contribution >= 4 is 29.4 Å². The van der Waals surface area contributed by atoms with E-state index in [1.165, 1.54) is 23.5 Å². The third kappa shape index (κ3) is 2.88. The summed E-state index contributed by atoms with van der Waals surface area (Å²) in [7, 11) is 0. The van der Waals surface area contributed by atoms with Crippen LogP contribution in [-0.2, 0) is 4.79 Å². The monoisotopic (exact) mass is 292 g/mol. The van der Waals surface area contributed by atoms with Crippen molar-refractivity contribution in [1.82, 2.24) is 5.32 Å². The number of thioether (sulfide) groups is 2. The first-order valence-electron chi connectivity index (χ1n) is 5.70. The van der Waals surface area contributed by atoms with Crippen molar-refractivity contribution in [3.63, 3.8) is 0 Å². The van der Waals surface area contributed by atoms with E-state index in [-0.39, 0.29) is 22.6 Å². The molecule has 0 radical (unpaired) electrons. The molecule has 1 heterocycles. The van der Waals surface area contributed by atoms with Crippen LogP contribution < -0.4 is 5.32 Å². The van der Waals surface area contributed by atoms with Crippen LogP contribution in [0.2, 0.25) is 0 Å². The van der Waals surface area contributed by atoms with Gasteiger partial charge in [0.15, 0.2) is 0 Å². The van der Waals surface area contributed by atoms with Gasteiger partial charge in [-0.25, -0.2) is 0 Å². The van der Waals surface area contributed by atoms with Crippen molar-refractivity contribution in [2.45, 2.75) is 12.3 Å².